The average molecular weight is 242 g/mol. The minimum absolute atomic E-state index is 0.552. The first-order valence-corrected chi connectivity index (χ1v) is 8.17. The molecule has 0 heteroatoms. The third-order valence-corrected chi connectivity index (χ3v) is 6.58. The molecule has 2 fully saturated rings. The van der Waals surface area contributed by atoms with Crippen LogP contribution in [0.2, 0.25) is 0 Å². The molecular weight excluding hydrogens is 216 g/mol. The van der Waals surface area contributed by atoms with E-state index in [1.165, 1.54) is 57.8 Å². The number of allylic oxidation sites excluding steroid dienone is 4. The van der Waals surface area contributed by atoms with Crippen LogP contribution in [0.5, 0.6) is 0 Å². The Bertz CT molecular complexity index is 414. The first-order chi connectivity index (χ1) is 8.78. The highest BCUT2D eigenvalue weighted by Gasteiger charge is 2.46. The molecule has 4 aliphatic rings. The average Bonchev–Trinajstić information content (AvgIpc) is 2.80. The van der Waals surface area contributed by atoms with Gasteiger partial charge in [0.25, 0.3) is 0 Å². The van der Waals surface area contributed by atoms with Gasteiger partial charge in [0.05, 0.1) is 0 Å². The lowest BCUT2D eigenvalue weighted by atomic mass is 9.56. The zero-order valence-corrected chi connectivity index (χ0v) is 11.8. The Kier molecular flexibility index (Phi) is 2.51. The summed E-state index contributed by atoms with van der Waals surface area (Å²) in [6.45, 7) is 2.52. The maximum Gasteiger partial charge on any atom is -0.0107 e. The van der Waals surface area contributed by atoms with Gasteiger partial charge >= 0.3 is 0 Å². The standard InChI is InChI=1S/C18H26/c1-18-11-4-7-17(18)16-9-8-13-5-2-3-6-14(13)15(16)10-12-18/h4,11,13,16-17H,2-3,5-10,12H2,1H3/t13?,16-,17+,18+/m1/s1. The molecule has 0 N–H and O–H groups in total. The summed E-state index contributed by atoms with van der Waals surface area (Å²) in [5.41, 5.74) is 4.46. The highest BCUT2D eigenvalue weighted by molar-refractivity contribution is 5.30. The van der Waals surface area contributed by atoms with Crippen LogP contribution in [0.15, 0.2) is 23.3 Å². The summed E-state index contributed by atoms with van der Waals surface area (Å²) >= 11 is 0. The van der Waals surface area contributed by atoms with E-state index in [1.54, 1.807) is 0 Å². The lowest BCUT2D eigenvalue weighted by Gasteiger charge is -2.48. The van der Waals surface area contributed by atoms with Gasteiger partial charge in [-0.2, -0.15) is 0 Å². The molecule has 4 atom stereocenters. The molecule has 0 saturated heterocycles. The molecule has 0 aliphatic heterocycles. The van der Waals surface area contributed by atoms with E-state index in [1.807, 2.05) is 11.1 Å². The Morgan fingerprint density at radius 1 is 1.06 bits per heavy atom. The Hall–Kier alpha value is -0.520. The van der Waals surface area contributed by atoms with Crippen molar-refractivity contribution in [2.45, 2.75) is 64.7 Å². The molecule has 1 unspecified atom stereocenters. The molecule has 0 aromatic carbocycles. The lowest BCUT2D eigenvalue weighted by Crippen LogP contribution is -2.38. The fourth-order valence-electron chi connectivity index (χ4n) is 5.58. The molecule has 0 aromatic heterocycles. The van der Waals surface area contributed by atoms with E-state index < -0.39 is 0 Å². The van der Waals surface area contributed by atoms with Gasteiger partial charge in [-0.1, -0.05) is 36.6 Å². The second kappa shape index (κ2) is 3.99. The van der Waals surface area contributed by atoms with E-state index >= 15 is 0 Å². The summed E-state index contributed by atoms with van der Waals surface area (Å²) in [6.07, 6.45) is 18.2. The topological polar surface area (TPSA) is 0 Å². The maximum absolute atomic E-state index is 2.55. The highest BCUT2D eigenvalue weighted by Crippen LogP contribution is 2.58. The molecule has 18 heavy (non-hydrogen) atoms. The van der Waals surface area contributed by atoms with Crippen molar-refractivity contribution in [2.75, 3.05) is 0 Å². The number of rotatable bonds is 0. The van der Waals surface area contributed by atoms with Gasteiger partial charge in [0.2, 0.25) is 0 Å². The summed E-state index contributed by atoms with van der Waals surface area (Å²) in [5.74, 6) is 2.92. The molecule has 0 aromatic rings. The van der Waals surface area contributed by atoms with Gasteiger partial charge in [-0.3, -0.25) is 0 Å². The summed E-state index contributed by atoms with van der Waals surface area (Å²) in [4.78, 5) is 0. The van der Waals surface area contributed by atoms with Gasteiger partial charge in [-0.15, -0.1) is 0 Å². The first-order valence-electron chi connectivity index (χ1n) is 8.17. The smallest absolute Gasteiger partial charge is 0.0107 e. The van der Waals surface area contributed by atoms with E-state index in [0.29, 0.717) is 5.41 Å². The van der Waals surface area contributed by atoms with Crippen molar-refractivity contribution < 1.29 is 0 Å². The van der Waals surface area contributed by atoms with Crippen LogP contribution >= 0.6 is 0 Å². The van der Waals surface area contributed by atoms with E-state index in [9.17, 15) is 0 Å². The Labute approximate surface area is 112 Å². The maximum atomic E-state index is 2.55. The van der Waals surface area contributed by atoms with Crippen LogP contribution in [0, 0.1) is 23.2 Å². The molecule has 0 spiro atoms. The predicted octanol–water partition coefficient (Wildman–Crippen LogP) is 5.26. The molecule has 4 rings (SSSR count). The molecule has 98 valence electrons. The van der Waals surface area contributed by atoms with Gasteiger partial charge in [-0.05, 0) is 74.5 Å². The van der Waals surface area contributed by atoms with Crippen LogP contribution in [0.3, 0.4) is 0 Å². The third-order valence-electron chi connectivity index (χ3n) is 6.58. The predicted molar refractivity (Wildman–Crippen MR) is 76.3 cm³/mol. The normalized spacial score (nSPS) is 46.6. The second-order valence-electron chi connectivity index (χ2n) is 7.43. The molecule has 0 bridgehead atoms. The van der Waals surface area contributed by atoms with Crippen molar-refractivity contribution >= 4 is 0 Å². The van der Waals surface area contributed by atoms with Crippen molar-refractivity contribution in [1.82, 2.24) is 0 Å². The Morgan fingerprint density at radius 3 is 2.94 bits per heavy atom. The summed E-state index contributed by atoms with van der Waals surface area (Å²) in [5, 5.41) is 0. The highest BCUT2D eigenvalue weighted by atomic mass is 14.5. The van der Waals surface area contributed by atoms with Gasteiger partial charge in [0.1, 0.15) is 0 Å². The lowest BCUT2D eigenvalue weighted by molar-refractivity contribution is 0.134. The summed E-state index contributed by atoms with van der Waals surface area (Å²) in [6, 6.07) is 0. The minimum Gasteiger partial charge on any atom is -0.0876 e. The van der Waals surface area contributed by atoms with Crippen LogP contribution in [0.25, 0.3) is 0 Å². The largest absolute Gasteiger partial charge is 0.0876 e. The SMILES string of the molecule is C[C@@]12C=CC[C@H]1[C@@H]1CCC3CCCCC3=C1CC2. The van der Waals surface area contributed by atoms with E-state index in [-0.39, 0.29) is 0 Å². The minimum atomic E-state index is 0.552. The summed E-state index contributed by atoms with van der Waals surface area (Å²) in [7, 11) is 0. The molecule has 0 heterocycles. The van der Waals surface area contributed by atoms with Crippen LogP contribution in [0.1, 0.15) is 64.7 Å². The van der Waals surface area contributed by atoms with Gasteiger partial charge in [0, 0.05) is 0 Å². The Morgan fingerprint density at radius 2 is 2.00 bits per heavy atom. The van der Waals surface area contributed by atoms with Crippen LogP contribution in [-0.2, 0) is 0 Å². The first kappa shape index (κ1) is 11.3. The van der Waals surface area contributed by atoms with E-state index in [0.717, 1.165) is 17.8 Å². The van der Waals surface area contributed by atoms with Crippen molar-refractivity contribution in [1.29, 1.82) is 0 Å². The fraction of sp³-hybridized carbons (Fsp3) is 0.778. The monoisotopic (exact) mass is 242 g/mol. The summed E-state index contributed by atoms with van der Waals surface area (Å²) < 4.78 is 0. The molecular formula is C18H26. The van der Waals surface area contributed by atoms with Gasteiger partial charge in [0.15, 0.2) is 0 Å². The molecule has 0 nitrogen and oxygen atoms in total. The molecule has 0 radical (unpaired) electrons. The van der Waals surface area contributed by atoms with E-state index in [4.69, 9.17) is 0 Å². The zero-order valence-electron chi connectivity index (χ0n) is 11.8. The van der Waals surface area contributed by atoms with Crippen LogP contribution < -0.4 is 0 Å². The number of hydrogen-bond donors (Lipinski definition) is 0. The quantitative estimate of drug-likeness (QED) is 0.508. The van der Waals surface area contributed by atoms with Crippen LogP contribution in [-0.4, -0.2) is 0 Å². The molecule has 0 amide bonds. The Balaban J connectivity index is 1.71. The van der Waals surface area contributed by atoms with Crippen molar-refractivity contribution in [2.24, 2.45) is 23.2 Å². The zero-order chi connectivity index (χ0) is 12.2. The van der Waals surface area contributed by atoms with Gasteiger partial charge in [-0.25, -0.2) is 0 Å². The van der Waals surface area contributed by atoms with Crippen molar-refractivity contribution in [3.63, 3.8) is 0 Å². The van der Waals surface area contributed by atoms with Crippen molar-refractivity contribution in [3.8, 4) is 0 Å². The second-order valence-corrected chi connectivity index (χ2v) is 7.43. The number of fused-ring (bicyclic) bond motifs is 4. The molecule has 4 aliphatic carbocycles. The van der Waals surface area contributed by atoms with Crippen LogP contribution in [0.4, 0.5) is 0 Å². The fourth-order valence-corrected chi connectivity index (χ4v) is 5.58. The molecule has 2 saturated carbocycles. The number of hydrogen-bond acceptors (Lipinski definition) is 0. The third kappa shape index (κ3) is 1.50. The van der Waals surface area contributed by atoms with E-state index in [2.05, 4.69) is 19.1 Å². The van der Waals surface area contributed by atoms with Crippen molar-refractivity contribution in [3.05, 3.63) is 23.3 Å². The van der Waals surface area contributed by atoms with Gasteiger partial charge < -0.3 is 0 Å².